The molecule has 0 aliphatic rings. The molecule has 0 radical (unpaired) electrons. The molecule has 1 rings (SSSR count). The fourth-order valence-corrected chi connectivity index (χ4v) is 2.19. The van der Waals surface area contributed by atoms with Gasteiger partial charge < -0.3 is 0 Å². The number of benzene rings is 1. The number of hydrogen-bond donors (Lipinski definition) is 0. The molecule has 0 atom stereocenters. The topological polar surface area (TPSA) is 0 Å². The molecule has 10 heavy (non-hydrogen) atoms. The molecule has 0 heterocycles. The van der Waals surface area contributed by atoms with E-state index in [4.69, 9.17) is 0 Å². The zero-order valence-electron chi connectivity index (χ0n) is 6.42. The monoisotopic (exact) mass is 200 g/mol. The van der Waals surface area contributed by atoms with Crippen LogP contribution >= 0.6 is 0 Å². The van der Waals surface area contributed by atoms with Crippen molar-refractivity contribution < 1.29 is 0 Å². The predicted octanol–water partition coefficient (Wildman–Crippen LogP) is 1.76. The Balaban J connectivity index is 2.69. The summed E-state index contributed by atoms with van der Waals surface area (Å²) >= 11 is 0.702. The minimum absolute atomic E-state index is 0.702. The molecular formula is C9H12Se. The molecule has 0 N–H and O–H groups in total. The third-order valence-electron chi connectivity index (χ3n) is 1.33. The van der Waals surface area contributed by atoms with Gasteiger partial charge in [-0.2, -0.15) is 0 Å². The molecule has 0 nitrogen and oxygen atoms in total. The summed E-state index contributed by atoms with van der Waals surface area (Å²) in [5.41, 5.74) is 1.36. The van der Waals surface area contributed by atoms with E-state index < -0.39 is 0 Å². The number of hydrogen-bond acceptors (Lipinski definition) is 0. The van der Waals surface area contributed by atoms with Crippen LogP contribution in [0.1, 0.15) is 12.5 Å². The SMILES string of the molecule is CC[Se]c1ccc(C)cc1. The van der Waals surface area contributed by atoms with Crippen LogP contribution in [-0.2, 0) is 0 Å². The second kappa shape index (κ2) is 3.80. The van der Waals surface area contributed by atoms with E-state index in [2.05, 4.69) is 38.1 Å². The number of aryl methyl sites for hydroxylation is 1. The van der Waals surface area contributed by atoms with Gasteiger partial charge in [0.1, 0.15) is 0 Å². The summed E-state index contributed by atoms with van der Waals surface area (Å²) in [4.78, 5) is 0. The average molecular weight is 199 g/mol. The van der Waals surface area contributed by atoms with Gasteiger partial charge in [-0.05, 0) is 0 Å². The van der Waals surface area contributed by atoms with E-state index in [1.807, 2.05) is 0 Å². The van der Waals surface area contributed by atoms with Crippen molar-refractivity contribution in [2.75, 3.05) is 0 Å². The summed E-state index contributed by atoms with van der Waals surface area (Å²) in [6.45, 7) is 4.36. The van der Waals surface area contributed by atoms with E-state index in [1.54, 1.807) is 0 Å². The van der Waals surface area contributed by atoms with Gasteiger partial charge in [-0.15, -0.1) is 0 Å². The summed E-state index contributed by atoms with van der Waals surface area (Å²) in [5.74, 6) is 0. The molecule has 0 aliphatic heterocycles. The van der Waals surface area contributed by atoms with Crippen LogP contribution < -0.4 is 4.46 Å². The maximum absolute atomic E-state index is 2.24. The van der Waals surface area contributed by atoms with Gasteiger partial charge in [0.05, 0.1) is 0 Å². The molecule has 0 bridgehead atoms. The van der Waals surface area contributed by atoms with Crippen molar-refractivity contribution in [1.29, 1.82) is 0 Å². The second-order valence-electron chi connectivity index (χ2n) is 2.25. The van der Waals surface area contributed by atoms with E-state index >= 15 is 0 Å². The molecule has 0 saturated heterocycles. The minimum atomic E-state index is 0.702. The van der Waals surface area contributed by atoms with Gasteiger partial charge in [0.25, 0.3) is 0 Å². The van der Waals surface area contributed by atoms with E-state index in [-0.39, 0.29) is 0 Å². The Bertz CT molecular complexity index is 188. The second-order valence-corrected chi connectivity index (χ2v) is 5.05. The summed E-state index contributed by atoms with van der Waals surface area (Å²) in [7, 11) is 0. The van der Waals surface area contributed by atoms with E-state index in [1.165, 1.54) is 15.3 Å². The van der Waals surface area contributed by atoms with Gasteiger partial charge in [-0.3, -0.25) is 0 Å². The third kappa shape index (κ3) is 2.17. The quantitative estimate of drug-likeness (QED) is 0.637. The van der Waals surface area contributed by atoms with Crippen molar-refractivity contribution in [3.05, 3.63) is 29.8 Å². The van der Waals surface area contributed by atoms with Gasteiger partial charge in [0.2, 0.25) is 0 Å². The first-order valence-corrected chi connectivity index (χ1v) is 5.59. The van der Waals surface area contributed by atoms with Crippen molar-refractivity contribution >= 4 is 19.4 Å². The molecule has 0 amide bonds. The predicted molar refractivity (Wildman–Crippen MR) is 47.0 cm³/mol. The van der Waals surface area contributed by atoms with Crippen molar-refractivity contribution in [3.8, 4) is 0 Å². The molecule has 0 spiro atoms. The van der Waals surface area contributed by atoms with Gasteiger partial charge in [0.15, 0.2) is 0 Å². The molecule has 0 fully saturated rings. The van der Waals surface area contributed by atoms with Crippen LogP contribution in [0, 0.1) is 6.92 Å². The molecular weight excluding hydrogens is 187 g/mol. The third-order valence-corrected chi connectivity index (χ3v) is 3.21. The molecule has 0 saturated carbocycles. The maximum atomic E-state index is 2.24. The molecule has 0 unspecified atom stereocenters. The van der Waals surface area contributed by atoms with Crippen molar-refractivity contribution in [2.45, 2.75) is 19.2 Å². The summed E-state index contributed by atoms with van der Waals surface area (Å²) < 4.78 is 1.51. The first-order valence-electron chi connectivity index (χ1n) is 3.52. The Labute approximate surface area is 68.8 Å². The summed E-state index contributed by atoms with van der Waals surface area (Å²) in [6.07, 6.45) is 0. The fraction of sp³-hybridized carbons (Fsp3) is 0.333. The summed E-state index contributed by atoms with van der Waals surface area (Å²) in [6, 6.07) is 8.84. The van der Waals surface area contributed by atoms with Crippen LogP contribution in [0.15, 0.2) is 24.3 Å². The van der Waals surface area contributed by atoms with Crippen molar-refractivity contribution in [1.82, 2.24) is 0 Å². The van der Waals surface area contributed by atoms with Crippen LogP contribution in [-0.4, -0.2) is 15.0 Å². The molecule has 1 aromatic carbocycles. The fourth-order valence-electron chi connectivity index (χ4n) is 0.801. The van der Waals surface area contributed by atoms with E-state index in [0.29, 0.717) is 15.0 Å². The zero-order chi connectivity index (χ0) is 7.40. The van der Waals surface area contributed by atoms with Gasteiger partial charge in [-0.25, -0.2) is 0 Å². The van der Waals surface area contributed by atoms with Crippen LogP contribution in [0.4, 0.5) is 0 Å². The normalized spacial score (nSPS) is 9.80. The molecule has 1 heteroatoms. The van der Waals surface area contributed by atoms with Crippen molar-refractivity contribution in [2.24, 2.45) is 0 Å². The molecule has 0 aromatic heterocycles. The Morgan fingerprint density at radius 2 is 1.80 bits per heavy atom. The first kappa shape index (κ1) is 7.84. The molecule has 0 aliphatic carbocycles. The Morgan fingerprint density at radius 1 is 1.20 bits per heavy atom. The first-order chi connectivity index (χ1) is 4.83. The molecule has 1 aromatic rings. The van der Waals surface area contributed by atoms with Gasteiger partial charge in [-0.1, -0.05) is 0 Å². The van der Waals surface area contributed by atoms with Gasteiger partial charge in [0, 0.05) is 0 Å². The van der Waals surface area contributed by atoms with Crippen LogP contribution in [0.2, 0.25) is 5.32 Å². The van der Waals surface area contributed by atoms with Crippen molar-refractivity contribution in [3.63, 3.8) is 0 Å². The van der Waals surface area contributed by atoms with Crippen LogP contribution in [0.5, 0.6) is 0 Å². The van der Waals surface area contributed by atoms with E-state index in [0.717, 1.165) is 0 Å². The van der Waals surface area contributed by atoms with Crippen LogP contribution in [0.3, 0.4) is 0 Å². The van der Waals surface area contributed by atoms with Gasteiger partial charge >= 0.3 is 68.4 Å². The standard InChI is InChI=1S/C9H12Se/c1-3-10-9-6-4-8(2)5-7-9/h4-7H,3H2,1-2H3. The Hall–Kier alpha value is -0.261. The zero-order valence-corrected chi connectivity index (χ0v) is 8.14. The Morgan fingerprint density at radius 3 is 2.30 bits per heavy atom. The van der Waals surface area contributed by atoms with Crippen LogP contribution in [0.25, 0.3) is 0 Å². The number of rotatable bonds is 2. The average Bonchev–Trinajstić information content (AvgIpc) is 1.95. The Kier molecular flexibility index (Phi) is 2.98. The molecule has 54 valence electrons. The summed E-state index contributed by atoms with van der Waals surface area (Å²) in [5, 5.41) is 1.30. The van der Waals surface area contributed by atoms with E-state index in [9.17, 15) is 0 Å².